The largest absolute Gasteiger partial charge is 0.458 e. The number of nitrogens with one attached hydrogen (secondary N) is 1. The van der Waals surface area contributed by atoms with Gasteiger partial charge in [0, 0.05) is 16.5 Å². The Bertz CT molecular complexity index is 551. The first-order chi connectivity index (χ1) is 8.42. The Morgan fingerprint density at radius 2 is 2.00 bits per heavy atom. The molecule has 2 nitrogen and oxygen atoms in total. The molecule has 0 unspecified atom stereocenters. The fraction of sp³-hybridized carbons (Fsp3) is 0.467. The van der Waals surface area contributed by atoms with Gasteiger partial charge in [-0.3, -0.25) is 0 Å². The summed E-state index contributed by atoms with van der Waals surface area (Å²) < 4.78 is 7.23. The summed E-state index contributed by atoms with van der Waals surface area (Å²) in [7, 11) is 0. The van der Waals surface area contributed by atoms with Crippen LogP contribution in [0.25, 0.3) is 11.0 Å². The Morgan fingerprint density at radius 1 is 1.28 bits per heavy atom. The summed E-state index contributed by atoms with van der Waals surface area (Å²) in [6.07, 6.45) is 1.01. The van der Waals surface area contributed by atoms with Gasteiger partial charge in [-0.25, -0.2) is 0 Å². The predicted molar refractivity (Wildman–Crippen MR) is 84.9 cm³/mol. The summed E-state index contributed by atoms with van der Waals surface area (Å²) in [5.74, 6) is 1.08. The summed E-state index contributed by atoms with van der Waals surface area (Å²) in [5.41, 5.74) is 2.47. The standard InChI is InChI=1S/C15H20INO/c1-5-10-11-7-6-8-12(16)14(11)18-13(10)9-17-15(2,3)4/h6-8,17H,5,9H2,1-4H3. The summed E-state index contributed by atoms with van der Waals surface area (Å²) in [4.78, 5) is 0. The molecule has 2 aromatic rings. The molecule has 0 aliphatic rings. The fourth-order valence-corrected chi connectivity index (χ4v) is 2.67. The maximum Gasteiger partial charge on any atom is 0.147 e. The zero-order chi connectivity index (χ0) is 13.3. The van der Waals surface area contributed by atoms with Gasteiger partial charge in [0.25, 0.3) is 0 Å². The Kier molecular flexibility index (Phi) is 4.02. The van der Waals surface area contributed by atoms with Crippen LogP contribution in [0.15, 0.2) is 22.6 Å². The molecular formula is C15H20INO. The van der Waals surface area contributed by atoms with Gasteiger partial charge >= 0.3 is 0 Å². The van der Waals surface area contributed by atoms with Crippen molar-refractivity contribution in [2.45, 2.75) is 46.2 Å². The maximum absolute atomic E-state index is 6.05. The van der Waals surface area contributed by atoms with Crippen LogP contribution in [0, 0.1) is 3.57 Å². The Morgan fingerprint density at radius 3 is 2.61 bits per heavy atom. The van der Waals surface area contributed by atoms with E-state index in [2.05, 4.69) is 73.8 Å². The second kappa shape index (κ2) is 5.21. The molecule has 0 saturated heterocycles. The van der Waals surface area contributed by atoms with Crippen LogP contribution in [0.2, 0.25) is 0 Å². The van der Waals surface area contributed by atoms with Crippen molar-refractivity contribution in [3.05, 3.63) is 33.1 Å². The minimum Gasteiger partial charge on any atom is -0.458 e. The van der Waals surface area contributed by atoms with Gasteiger partial charge in [-0.15, -0.1) is 0 Å². The van der Waals surface area contributed by atoms with E-state index in [1.165, 1.54) is 14.5 Å². The van der Waals surface area contributed by atoms with Crippen molar-refractivity contribution in [1.82, 2.24) is 5.32 Å². The molecule has 0 atom stereocenters. The highest BCUT2D eigenvalue weighted by Gasteiger charge is 2.16. The first-order valence-electron chi connectivity index (χ1n) is 6.36. The molecule has 0 aliphatic heterocycles. The number of halogens is 1. The quantitative estimate of drug-likeness (QED) is 0.819. The fourth-order valence-electron chi connectivity index (χ4n) is 2.06. The zero-order valence-corrected chi connectivity index (χ0v) is 13.6. The number of para-hydroxylation sites is 1. The topological polar surface area (TPSA) is 25.2 Å². The Hall–Kier alpha value is -0.550. The Labute approximate surface area is 122 Å². The van der Waals surface area contributed by atoms with Crippen LogP contribution in [0.5, 0.6) is 0 Å². The second-order valence-electron chi connectivity index (χ2n) is 5.58. The first kappa shape index (κ1) is 13.9. The van der Waals surface area contributed by atoms with Gasteiger partial charge in [0.2, 0.25) is 0 Å². The molecule has 1 N–H and O–H groups in total. The molecule has 1 aromatic heterocycles. The molecule has 3 heteroatoms. The second-order valence-corrected chi connectivity index (χ2v) is 6.74. The Balaban J connectivity index is 2.41. The molecule has 18 heavy (non-hydrogen) atoms. The lowest BCUT2D eigenvalue weighted by Gasteiger charge is -2.19. The van der Waals surface area contributed by atoms with Gasteiger partial charge in [-0.1, -0.05) is 19.1 Å². The van der Waals surface area contributed by atoms with Crippen molar-refractivity contribution in [1.29, 1.82) is 0 Å². The zero-order valence-electron chi connectivity index (χ0n) is 11.4. The van der Waals surface area contributed by atoms with E-state index < -0.39 is 0 Å². The smallest absolute Gasteiger partial charge is 0.147 e. The molecular weight excluding hydrogens is 337 g/mol. The average Bonchev–Trinajstić information content (AvgIpc) is 2.64. The number of hydrogen-bond donors (Lipinski definition) is 1. The predicted octanol–water partition coefficient (Wildman–Crippen LogP) is 4.49. The summed E-state index contributed by atoms with van der Waals surface area (Å²) in [5, 5.41) is 4.76. The van der Waals surface area contributed by atoms with Crippen LogP contribution in [-0.2, 0) is 13.0 Å². The van der Waals surface area contributed by atoms with Crippen LogP contribution in [0.3, 0.4) is 0 Å². The highest BCUT2D eigenvalue weighted by atomic mass is 127. The van der Waals surface area contributed by atoms with E-state index in [-0.39, 0.29) is 5.54 Å². The number of fused-ring (bicyclic) bond motifs is 1. The highest BCUT2D eigenvalue weighted by molar-refractivity contribution is 14.1. The molecule has 0 fully saturated rings. The molecule has 1 aromatic carbocycles. The van der Waals surface area contributed by atoms with E-state index in [1.807, 2.05) is 0 Å². The molecule has 0 radical (unpaired) electrons. The molecule has 0 bridgehead atoms. The third-order valence-electron chi connectivity index (χ3n) is 2.99. The van der Waals surface area contributed by atoms with E-state index in [1.54, 1.807) is 0 Å². The van der Waals surface area contributed by atoms with Crippen LogP contribution < -0.4 is 5.32 Å². The van der Waals surface area contributed by atoms with Gasteiger partial charge in [-0.05, 0) is 55.8 Å². The number of rotatable bonds is 3. The van der Waals surface area contributed by atoms with Crippen molar-refractivity contribution in [2.24, 2.45) is 0 Å². The number of benzene rings is 1. The van der Waals surface area contributed by atoms with Gasteiger partial charge in [-0.2, -0.15) is 0 Å². The van der Waals surface area contributed by atoms with Crippen LogP contribution in [0.4, 0.5) is 0 Å². The molecule has 0 aliphatic carbocycles. The van der Waals surface area contributed by atoms with Crippen LogP contribution in [0.1, 0.15) is 39.0 Å². The van der Waals surface area contributed by atoms with Crippen molar-refractivity contribution in [3.63, 3.8) is 0 Å². The number of furan rings is 1. The van der Waals surface area contributed by atoms with E-state index in [0.717, 1.165) is 24.3 Å². The molecule has 0 amide bonds. The first-order valence-corrected chi connectivity index (χ1v) is 7.44. The summed E-state index contributed by atoms with van der Waals surface area (Å²) in [6.45, 7) is 9.49. The van der Waals surface area contributed by atoms with Gasteiger partial charge in [0.05, 0.1) is 10.1 Å². The molecule has 2 rings (SSSR count). The van der Waals surface area contributed by atoms with Crippen molar-refractivity contribution in [2.75, 3.05) is 0 Å². The van der Waals surface area contributed by atoms with E-state index >= 15 is 0 Å². The SMILES string of the molecule is CCc1c(CNC(C)(C)C)oc2c(I)cccc12. The van der Waals surface area contributed by atoms with Crippen LogP contribution >= 0.6 is 22.6 Å². The average molecular weight is 357 g/mol. The van der Waals surface area contributed by atoms with Crippen molar-refractivity contribution >= 4 is 33.6 Å². The highest BCUT2D eigenvalue weighted by Crippen LogP contribution is 2.30. The monoisotopic (exact) mass is 357 g/mol. The van der Waals surface area contributed by atoms with E-state index in [9.17, 15) is 0 Å². The normalized spacial score (nSPS) is 12.3. The molecule has 0 spiro atoms. The third kappa shape index (κ3) is 2.88. The van der Waals surface area contributed by atoms with Crippen molar-refractivity contribution in [3.8, 4) is 0 Å². The summed E-state index contributed by atoms with van der Waals surface area (Å²) >= 11 is 2.33. The van der Waals surface area contributed by atoms with Gasteiger partial charge in [0.15, 0.2) is 0 Å². The lowest BCUT2D eigenvalue weighted by atomic mass is 10.1. The minimum atomic E-state index is 0.108. The summed E-state index contributed by atoms with van der Waals surface area (Å²) in [6, 6.07) is 6.34. The maximum atomic E-state index is 6.05. The van der Waals surface area contributed by atoms with Gasteiger partial charge < -0.3 is 9.73 Å². The minimum absolute atomic E-state index is 0.108. The van der Waals surface area contributed by atoms with E-state index in [0.29, 0.717) is 0 Å². The third-order valence-corrected chi connectivity index (χ3v) is 3.84. The number of hydrogen-bond acceptors (Lipinski definition) is 2. The number of aryl methyl sites for hydroxylation is 1. The van der Waals surface area contributed by atoms with Gasteiger partial charge in [0.1, 0.15) is 11.3 Å². The van der Waals surface area contributed by atoms with Crippen molar-refractivity contribution < 1.29 is 4.42 Å². The molecule has 98 valence electrons. The molecule has 0 saturated carbocycles. The lowest BCUT2D eigenvalue weighted by molar-refractivity contribution is 0.393. The lowest BCUT2D eigenvalue weighted by Crippen LogP contribution is -2.35. The van der Waals surface area contributed by atoms with Crippen LogP contribution in [-0.4, -0.2) is 5.54 Å². The van der Waals surface area contributed by atoms with E-state index in [4.69, 9.17) is 4.42 Å². The molecule has 1 heterocycles.